The smallest absolute Gasteiger partial charge is 0.164 e. The second kappa shape index (κ2) is 7.05. The summed E-state index contributed by atoms with van der Waals surface area (Å²) in [6.07, 6.45) is 10.1. The molecule has 0 aliphatic carbocycles. The molecule has 0 N–H and O–H groups in total. The maximum Gasteiger partial charge on any atom is 0.164 e. The number of carbonyl (C=O) groups is 1. The molecule has 1 aliphatic heterocycles. The summed E-state index contributed by atoms with van der Waals surface area (Å²) in [5.41, 5.74) is -0.441. The zero-order valence-corrected chi connectivity index (χ0v) is 10.9. The third kappa shape index (κ3) is 4.25. The molecule has 1 fully saturated rings. The lowest BCUT2D eigenvalue weighted by Crippen LogP contribution is -2.34. The molecule has 0 bridgehead atoms. The van der Waals surface area contributed by atoms with Gasteiger partial charge < -0.3 is 4.74 Å². The van der Waals surface area contributed by atoms with E-state index in [1.165, 1.54) is 32.1 Å². The maximum atomic E-state index is 11.9. The van der Waals surface area contributed by atoms with Crippen molar-refractivity contribution in [2.75, 3.05) is 6.61 Å². The van der Waals surface area contributed by atoms with Crippen LogP contribution in [0.3, 0.4) is 0 Å². The molecule has 0 aromatic rings. The third-order valence-electron chi connectivity index (χ3n) is 3.57. The van der Waals surface area contributed by atoms with E-state index in [9.17, 15) is 4.79 Å². The lowest BCUT2D eigenvalue weighted by atomic mass is 9.93. The van der Waals surface area contributed by atoms with Crippen LogP contribution < -0.4 is 0 Å². The minimum Gasteiger partial charge on any atom is -0.368 e. The Bertz CT molecular complexity index is 205. The molecule has 1 aliphatic rings. The highest BCUT2D eigenvalue weighted by molar-refractivity contribution is 5.87. The molecule has 94 valence electrons. The molecule has 1 unspecified atom stereocenters. The van der Waals surface area contributed by atoms with Gasteiger partial charge >= 0.3 is 0 Å². The Kier molecular flexibility index (Phi) is 6.04. The van der Waals surface area contributed by atoms with Gasteiger partial charge in [0.15, 0.2) is 5.78 Å². The molecule has 0 radical (unpaired) electrons. The van der Waals surface area contributed by atoms with Gasteiger partial charge in [-0.2, -0.15) is 0 Å². The summed E-state index contributed by atoms with van der Waals surface area (Å²) in [6.45, 7) is 4.94. The molecular formula is C14H26O2. The average Bonchev–Trinajstić information content (AvgIpc) is 2.71. The summed E-state index contributed by atoms with van der Waals surface area (Å²) in [4.78, 5) is 11.9. The normalized spacial score (nSPS) is 24.9. The second-order valence-corrected chi connectivity index (χ2v) is 5.12. The summed E-state index contributed by atoms with van der Waals surface area (Å²) >= 11 is 0. The van der Waals surface area contributed by atoms with Crippen LogP contribution in [0.2, 0.25) is 0 Å². The quantitative estimate of drug-likeness (QED) is 0.587. The van der Waals surface area contributed by atoms with E-state index in [0.29, 0.717) is 12.2 Å². The van der Waals surface area contributed by atoms with Crippen LogP contribution in [0.1, 0.15) is 71.6 Å². The Morgan fingerprint density at radius 3 is 2.50 bits per heavy atom. The van der Waals surface area contributed by atoms with Gasteiger partial charge in [-0.05, 0) is 26.2 Å². The number of ether oxygens (including phenoxy) is 1. The van der Waals surface area contributed by atoms with E-state index in [0.717, 1.165) is 25.9 Å². The van der Waals surface area contributed by atoms with E-state index in [2.05, 4.69) is 6.92 Å². The molecule has 1 heterocycles. The first kappa shape index (κ1) is 13.7. The topological polar surface area (TPSA) is 26.3 Å². The van der Waals surface area contributed by atoms with E-state index >= 15 is 0 Å². The summed E-state index contributed by atoms with van der Waals surface area (Å²) < 4.78 is 5.55. The molecule has 0 saturated carbocycles. The van der Waals surface area contributed by atoms with Crippen LogP contribution in [-0.4, -0.2) is 18.0 Å². The number of Topliss-reactive ketones (excluding diaryl/α,β-unsaturated/α-hetero) is 1. The van der Waals surface area contributed by atoms with Gasteiger partial charge in [0.1, 0.15) is 5.60 Å². The van der Waals surface area contributed by atoms with Gasteiger partial charge in [0.25, 0.3) is 0 Å². The van der Waals surface area contributed by atoms with E-state index in [1.807, 2.05) is 6.92 Å². The van der Waals surface area contributed by atoms with Crippen LogP contribution in [0.5, 0.6) is 0 Å². The van der Waals surface area contributed by atoms with Crippen molar-refractivity contribution in [1.82, 2.24) is 0 Å². The van der Waals surface area contributed by atoms with Crippen molar-refractivity contribution in [1.29, 1.82) is 0 Å². The van der Waals surface area contributed by atoms with Crippen molar-refractivity contribution in [3.05, 3.63) is 0 Å². The van der Waals surface area contributed by atoms with Crippen molar-refractivity contribution in [3.8, 4) is 0 Å². The molecule has 1 rings (SSSR count). The third-order valence-corrected chi connectivity index (χ3v) is 3.57. The highest BCUT2D eigenvalue weighted by atomic mass is 16.5. The molecule has 0 spiro atoms. The Labute approximate surface area is 99.8 Å². The zero-order valence-electron chi connectivity index (χ0n) is 10.9. The van der Waals surface area contributed by atoms with Crippen LogP contribution >= 0.6 is 0 Å². The van der Waals surface area contributed by atoms with Crippen molar-refractivity contribution >= 4 is 5.78 Å². The number of ketones is 1. The SMILES string of the molecule is CCCCCCCCC(=O)C1(C)CCCO1. The standard InChI is InChI=1S/C14H26O2/c1-3-4-5-6-7-8-10-13(15)14(2)11-9-12-16-14/h3-12H2,1-2H3. The molecule has 0 amide bonds. The maximum absolute atomic E-state index is 11.9. The molecule has 0 aromatic heterocycles. The molecule has 1 atom stereocenters. The Hall–Kier alpha value is -0.370. The van der Waals surface area contributed by atoms with Crippen molar-refractivity contribution < 1.29 is 9.53 Å². The predicted octanol–water partition coefficient (Wildman–Crippen LogP) is 3.88. The van der Waals surface area contributed by atoms with Crippen LogP contribution in [0.15, 0.2) is 0 Å². The van der Waals surface area contributed by atoms with Gasteiger partial charge in [0, 0.05) is 13.0 Å². The Balaban J connectivity index is 2.06. The number of rotatable bonds is 8. The largest absolute Gasteiger partial charge is 0.368 e. The monoisotopic (exact) mass is 226 g/mol. The summed E-state index contributed by atoms with van der Waals surface area (Å²) in [6, 6.07) is 0. The summed E-state index contributed by atoms with van der Waals surface area (Å²) in [5.74, 6) is 0.320. The highest BCUT2D eigenvalue weighted by Gasteiger charge is 2.36. The first-order chi connectivity index (χ1) is 7.69. The summed E-state index contributed by atoms with van der Waals surface area (Å²) in [7, 11) is 0. The van der Waals surface area contributed by atoms with Gasteiger partial charge in [0.2, 0.25) is 0 Å². The van der Waals surface area contributed by atoms with Gasteiger partial charge in [-0.25, -0.2) is 0 Å². The Morgan fingerprint density at radius 2 is 1.88 bits per heavy atom. The lowest BCUT2D eigenvalue weighted by Gasteiger charge is -2.21. The number of hydrogen-bond donors (Lipinski definition) is 0. The predicted molar refractivity (Wildman–Crippen MR) is 66.6 cm³/mol. The fourth-order valence-corrected chi connectivity index (χ4v) is 2.33. The minimum atomic E-state index is -0.441. The molecule has 16 heavy (non-hydrogen) atoms. The fourth-order valence-electron chi connectivity index (χ4n) is 2.33. The van der Waals surface area contributed by atoms with E-state index in [4.69, 9.17) is 4.74 Å². The van der Waals surface area contributed by atoms with Crippen molar-refractivity contribution in [2.24, 2.45) is 0 Å². The molecular weight excluding hydrogens is 200 g/mol. The van der Waals surface area contributed by atoms with Crippen LogP contribution in [0.25, 0.3) is 0 Å². The molecule has 2 nitrogen and oxygen atoms in total. The second-order valence-electron chi connectivity index (χ2n) is 5.12. The van der Waals surface area contributed by atoms with Crippen LogP contribution in [0.4, 0.5) is 0 Å². The number of carbonyl (C=O) groups excluding carboxylic acids is 1. The van der Waals surface area contributed by atoms with Gasteiger partial charge in [-0.3, -0.25) is 4.79 Å². The average molecular weight is 226 g/mol. The van der Waals surface area contributed by atoms with Gasteiger partial charge in [-0.15, -0.1) is 0 Å². The highest BCUT2D eigenvalue weighted by Crippen LogP contribution is 2.27. The minimum absolute atomic E-state index is 0.320. The van der Waals surface area contributed by atoms with Crippen LogP contribution in [-0.2, 0) is 9.53 Å². The number of unbranched alkanes of at least 4 members (excludes halogenated alkanes) is 5. The molecule has 2 heteroatoms. The van der Waals surface area contributed by atoms with Crippen molar-refractivity contribution in [3.63, 3.8) is 0 Å². The van der Waals surface area contributed by atoms with E-state index in [1.54, 1.807) is 0 Å². The first-order valence-corrected chi connectivity index (χ1v) is 6.86. The van der Waals surface area contributed by atoms with Crippen molar-refractivity contribution in [2.45, 2.75) is 77.2 Å². The lowest BCUT2D eigenvalue weighted by molar-refractivity contribution is -0.137. The number of hydrogen-bond acceptors (Lipinski definition) is 2. The Morgan fingerprint density at radius 1 is 1.19 bits per heavy atom. The van der Waals surface area contributed by atoms with Gasteiger partial charge in [-0.1, -0.05) is 39.0 Å². The first-order valence-electron chi connectivity index (χ1n) is 6.86. The van der Waals surface area contributed by atoms with E-state index < -0.39 is 5.60 Å². The van der Waals surface area contributed by atoms with Gasteiger partial charge in [0.05, 0.1) is 0 Å². The van der Waals surface area contributed by atoms with Crippen LogP contribution in [0, 0.1) is 0 Å². The zero-order chi connectivity index (χ0) is 11.9. The fraction of sp³-hybridized carbons (Fsp3) is 0.929. The molecule has 0 aromatic carbocycles. The van der Waals surface area contributed by atoms with E-state index in [-0.39, 0.29) is 0 Å². The molecule has 1 saturated heterocycles. The summed E-state index contributed by atoms with van der Waals surface area (Å²) in [5, 5.41) is 0.